The van der Waals surface area contributed by atoms with Crippen LogP contribution in [0.5, 0.6) is 0 Å². The average molecular weight is 160 g/mol. The zero-order chi connectivity index (χ0) is 9.40. The Kier molecular flexibility index (Phi) is 5.83. The molecule has 0 unspecified atom stereocenters. The van der Waals surface area contributed by atoms with Crippen molar-refractivity contribution in [1.82, 2.24) is 0 Å². The smallest absolute Gasteiger partial charge is 0.0176 e. The number of allylic oxidation sites excluding steroid dienone is 4. The van der Waals surface area contributed by atoms with Crippen LogP contribution in [0.3, 0.4) is 0 Å². The molecule has 0 heteroatoms. The van der Waals surface area contributed by atoms with Crippen molar-refractivity contribution >= 4 is 0 Å². The Labute approximate surface area is 75.7 Å². The number of rotatable bonds is 3. The van der Waals surface area contributed by atoms with Crippen LogP contribution in [0.4, 0.5) is 0 Å². The van der Waals surface area contributed by atoms with E-state index < -0.39 is 0 Å². The van der Waals surface area contributed by atoms with Crippen molar-refractivity contribution in [2.75, 3.05) is 0 Å². The summed E-state index contributed by atoms with van der Waals surface area (Å²) in [7, 11) is 0. The quantitative estimate of drug-likeness (QED) is 0.438. The molecule has 0 N–H and O–H groups in total. The van der Waals surface area contributed by atoms with E-state index in [1.165, 1.54) is 5.57 Å². The summed E-state index contributed by atoms with van der Waals surface area (Å²) < 4.78 is 0. The minimum absolute atomic E-state index is 0.869. The fourth-order valence-corrected chi connectivity index (χ4v) is 0.767. The maximum atomic E-state index is 3.83. The highest BCUT2D eigenvalue weighted by atomic mass is 13.9. The number of hydrogen-bond acceptors (Lipinski definition) is 0. The molecule has 0 aliphatic heterocycles. The lowest BCUT2D eigenvalue weighted by atomic mass is 10.1. The molecule has 0 saturated heterocycles. The lowest BCUT2D eigenvalue weighted by molar-refractivity contribution is 1.15. The van der Waals surface area contributed by atoms with E-state index in [9.17, 15) is 0 Å². The molecular formula is C12H16. The minimum Gasteiger partial charge on any atom is -0.0988 e. The molecule has 0 aromatic carbocycles. The molecule has 0 spiro atoms. The Morgan fingerprint density at radius 1 is 1.42 bits per heavy atom. The second-order valence-electron chi connectivity index (χ2n) is 2.46. The fourth-order valence-electron chi connectivity index (χ4n) is 0.767. The Morgan fingerprint density at radius 3 is 2.50 bits per heavy atom. The van der Waals surface area contributed by atoms with Gasteiger partial charge in [-0.3, -0.25) is 0 Å². The molecule has 12 heavy (non-hydrogen) atoms. The molecule has 0 radical (unpaired) electrons. The summed E-state index contributed by atoms with van der Waals surface area (Å²) in [6, 6.07) is 0. The lowest BCUT2D eigenvalue weighted by Crippen LogP contribution is -1.76. The summed E-state index contributed by atoms with van der Waals surface area (Å²) in [4.78, 5) is 0. The highest BCUT2D eigenvalue weighted by Crippen LogP contribution is 2.04. The van der Waals surface area contributed by atoms with E-state index in [-0.39, 0.29) is 0 Å². The predicted octanol–water partition coefficient (Wildman–Crippen LogP) is 3.48. The van der Waals surface area contributed by atoms with Gasteiger partial charge in [0.1, 0.15) is 0 Å². The predicted molar refractivity (Wildman–Crippen MR) is 55.8 cm³/mol. The standard InChI is InChI=1S/C12H16/c1-5-8-9-11(4)10-12(6-2)7-3/h6,10H,2,4-5,7H2,1,3H3/b12-10+. The van der Waals surface area contributed by atoms with Gasteiger partial charge in [-0.25, -0.2) is 0 Å². The van der Waals surface area contributed by atoms with Crippen LogP contribution in [-0.4, -0.2) is 0 Å². The van der Waals surface area contributed by atoms with Crippen LogP contribution in [0.15, 0.2) is 36.5 Å². The molecular weight excluding hydrogens is 144 g/mol. The molecule has 0 heterocycles. The van der Waals surface area contributed by atoms with Gasteiger partial charge in [-0.05, 0) is 18.1 Å². The first-order chi connectivity index (χ1) is 5.74. The van der Waals surface area contributed by atoms with Crippen molar-refractivity contribution in [3.05, 3.63) is 36.5 Å². The van der Waals surface area contributed by atoms with Crippen molar-refractivity contribution in [2.45, 2.75) is 26.7 Å². The Balaban J connectivity index is 4.31. The van der Waals surface area contributed by atoms with Crippen LogP contribution < -0.4 is 0 Å². The third-order valence-electron chi connectivity index (χ3n) is 1.46. The lowest BCUT2D eigenvalue weighted by Gasteiger charge is -1.93. The zero-order valence-electron chi connectivity index (χ0n) is 7.98. The van der Waals surface area contributed by atoms with Crippen LogP contribution in [0, 0.1) is 11.8 Å². The van der Waals surface area contributed by atoms with E-state index in [0.29, 0.717) is 0 Å². The van der Waals surface area contributed by atoms with Crippen molar-refractivity contribution < 1.29 is 0 Å². The van der Waals surface area contributed by atoms with Crippen LogP contribution in [0.25, 0.3) is 0 Å². The molecule has 0 amide bonds. The van der Waals surface area contributed by atoms with Gasteiger partial charge in [0.15, 0.2) is 0 Å². The highest BCUT2D eigenvalue weighted by molar-refractivity contribution is 5.39. The maximum Gasteiger partial charge on any atom is 0.0176 e. The summed E-state index contributed by atoms with van der Waals surface area (Å²) in [6.07, 6.45) is 5.69. The van der Waals surface area contributed by atoms with E-state index in [1.54, 1.807) is 0 Å². The Hall–Kier alpha value is -1.22. The van der Waals surface area contributed by atoms with Crippen LogP contribution in [-0.2, 0) is 0 Å². The Bertz CT molecular complexity index is 243. The van der Waals surface area contributed by atoms with Gasteiger partial charge in [0.05, 0.1) is 0 Å². The molecule has 0 aromatic heterocycles. The van der Waals surface area contributed by atoms with Gasteiger partial charge in [0, 0.05) is 12.0 Å². The summed E-state index contributed by atoms with van der Waals surface area (Å²) in [5, 5.41) is 0. The third kappa shape index (κ3) is 4.57. The van der Waals surface area contributed by atoms with Gasteiger partial charge in [-0.1, -0.05) is 44.9 Å². The van der Waals surface area contributed by atoms with Gasteiger partial charge in [-0.15, -0.1) is 0 Å². The van der Waals surface area contributed by atoms with Crippen molar-refractivity contribution in [1.29, 1.82) is 0 Å². The topological polar surface area (TPSA) is 0 Å². The highest BCUT2D eigenvalue weighted by Gasteiger charge is 1.86. The van der Waals surface area contributed by atoms with E-state index in [0.717, 1.165) is 18.4 Å². The molecule has 0 nitrogen and oxygen atoms in total. The van der Waals surface area contributed by atoms with Crippen molar-refractivity contribution in [3.8, 4) is 11.8 Å². The first-order valence-electron chi connectivity index (χ1n) is 4.25. The average Bonchev–Trinajstić information content (AvgIpc) is 2.10. The van der Waals surface area contributed by atoms with E-state index in [1.807, 2.05) is 19.1 Å². The van der Waals surface area contributed by atoms with Crippen molar-refractivity contribution in [2.24, 2.45) is 0 Å². The van der Waals surface area contributed by atoms with Gasteiger partial charge in [0.2, 0.25) is 0 Å². The largest absolute Gasteiger partial charge is 0.0988 e. The van der Waals surface area contributed by atoms with E-state index in [2.05, 4.69) is 31.9 Å². The van der Waals surface area contributed by atoms with Gasteiger partial charge >= 0.3 is 0 Å². The zero-order valence-corrected chi connectivity index (χ0v) is 7.98. The first kappa shape index (κ1) is 10.8. The molecule has 0 rings (SSSR count). The second-order valence-corrected chi connectivity index (χ2v) is 2.46. The molecule has 0 aliphatic carbocycles. The van der Waals surface area contributed by atoms with E-state index in [4.69, 9.17) is 0 Å². The SMILES string of the molecule is C=C/C(=C\C(=C)C#CCC)CC. The maximum absolute atomic E-state index is 3.83. The summed E-state index contributed by atoms with van der Waals surface area (Å²) in [5.41, 5.74) is 2.05. The first-order valence-corrected chi connectivity index (χ1v) is 4.25. The third-order valence-corrected chi connectivity index (χ3v) is 1.46. The molecule has 0 fully saturated rings. The normalized spacial score (nSPS) is 10.0. The van der Waals surface area contributed by atoms with E-state index >= 15 is 0 Å². The minimum atomic E-state index is 0.869. The summed E-state index contributed by atoms with van der Waals surface area (Å²) >= 11 is 0. The summed E-state index contributed by atoms with van der Waals surface area (Å²) in [6.45, 7) is 11.7. The van der Waals surface area contributed by atoms with Gasteiger partial charge in [-0.2, -0.15) is 0 Å². The van der Waals surface area contributed by atoms with Gasteiger partial charge < -0.3 is 0 Å². The Morgan fingerprint density at radius 2 is 2.08 bits per heavy atom. The fraction of sp³-hybridized carbons (Fsp3) is 0.333. The molecule has 0 aromatic rings. The van der Waals surface area contributed by atoms with Gasteiger partial charge in [0.25, 0.3) is 0 Å². The van der Waals surface area contributed by atoms with Crippen LogP contribution >= 0.6 is 0 Å². The molecule has 0 bridgehead atoms. The van der Waals surface area contributed by atoms with Crippen molar-refractivity contribution in [3.63, 3.8) is 0 Å². The summed E-state index contributed by atoms with van der Waals surface area (Å²) in [5.74, 6) is 5.94. The second kappa shape index (κ2) is 6.49. The number of hydrogen-bond donors (Lipinski definition) is 0. The molecule has 0 atom stereocenters. The molecule has 0 aliphatic rings. The molecule has 0 saturated carbocycles. The monoisotopic (exact) mass is 160 g/mol. The van der Waals surface area contributed by atoms with Crippen LogP contribution in [0.2, 0.25) is 0 Å². The molecule has 64 valence electrons. The van der Waals surface area contributed by atoms with Crippen LogP contribution in [0.1, 0.15) is 26.7 Å².